The minimum absolute atomic E-state index is 0.723. The van der Waals surface area contributed by atoms with Crippen LogP contribution in [0.3, 0.4) is 0 Å². The first kappa shape index (κ1) is 17.3. The number of ether oxygens (including phenoxy) is 1. The monoisotopic (exact) mass is 332 g/mol. The number of aliphatic imine (C=N–C) groups is 1. The molecule has 0 aliphatic rings. The van der Waals surface area contributed by atoms with Crippen molar-refractivity contribution >= 4 is 17.3 Å². The number of thiazole rings is 1. The molecule has 0 atom stereocenters. The van der Waals surface area contributed by atoms with E-state index in [1.54, 1.807) is 25.5 Å². The quantitative estimate of drug-likeness (QED) is 0.631. The highest BCUT2D eigenvalue weighted by atomic mass is 32.1. The molecule has 0 fully saturated rings. The van der Waals surface area contributed by atoms with Crippen molar-refractivity contribution in [1.82, 2.24) is 15.6 Å². The van der Waals surface area contributed by atoms with Crippen LogP contribution in [0.15, 0.2) is 28.6 Å². The van der Waals surface area contributed by atoms with Gasteiger partial charge in [-0.15, -0.1) is 11.3 Å². The minimum atomic E-state index is 0.723. The molecule has 0 saturated heterocycles. The molecule has 0 saturated carbocycles. The van der Waals surface area contributed by atoms with Crippen LogP contribution in [0.25, 0.3) is 0 Å². The standard InChI is InChI=1S/C17H24N4OS/c1-12-9-14(5-6-16(12)22-4)10-20-17(18-3)19-8-7-15-11-23-13(2)21-15/h5-6,9,11H,7-8,10H2,1-4H3,(H2,18,19,20). The zero-order valence-electron chi connectivity index (χ0n) is 14.1. The molecule has 2 aromatic rings. The van der Waals surface area contributed by atoms with Gasteiger partial charge in [0.1, 0.15) is 5.75 Å². The van der Waals surface area contributed by atoms with Gasteiger partial charge in [-0.1, -0.05) is 12.1 Å². The first-order valence-corrected chi connectivity index (χ1v) is 8.49. The minimum Gasteiger partial charge on any atom is -0.496 e. The maximum Gasteiger partial charge on any atom is 0.191 e. The van der Waals surface area contributed by atoms with Crippen molar-refractivity contribution < 1.29 is 4.74 Å². The van der Waals surface area contributed by atoms with Gasteiger partial charge < -0.3 is 15.4 Å². The number of hydrogen-bond acceptors (Lipinski definition) is 4. The molecule has 6 heteroatoms. The van der Waals surface area contributed by atoms with Gasteiger partial charge in [0.2, 0.25) is 0 Å². The molecule has 1 heterocycles. The van der Waals surface area contributed by atoms with Gasteiger partial charge in [0, 0.05) is 31.9 Å². The summed E-state index contributed by atoms with van der Waals surface area (Å²) in [7, 11) is 3.47. The van der Waals surface area contributed by atoms with Gasteiger partial charge in [-0.3, -0.25) is 4.99 Å². The molecule has 5 nitrogen and oxygen atoms in total. The molecule has 1 aromatic heterocycles. The molecule has 23 heavy (non-hydrogen) atoms. The van der Waals surface area contributed by atoms with Crippen molar-refractivity contribution in [3.05, 3.63) is 45.4 Å². The van der Waals surface area contributed by atoms with Crippen molar-refractivity contribution in [2.24, 2.45) is 4.99 Å². The molecule has 0 aliphatic heterocycles. The SMILES string of the molecule is CN=C(NCCc1csc(C)n1)NCc1ccc(OC)c(C)c1. The molecule has 1 aromatic carbocycles. The van der Waals surface area contributed by atoms with Crippen LogP contribution in [-0.4, -0.2) is 31.6 Å². The van der Waals surface area contributed by atoms with Crippen molar-refractivity contribution in [2.75, 3.05) is 20.7 Å². The number of rotatable bonds is 6. The van der Waals surface area contributed by atoms with Crippen LogP contribution in [0.1, 0.15) is 21.8 Å². The summed E-state index contributed by atoms with van der Waals surface area (Å²) in [6, 6.07) is 6.18. The average molecular weight is 332 g/mol. The summed E-state index contributed by atoms with van der Waals surface area (Å²) in [6.07, 6.45) is 0.896. The summed E-state index contributed by atoms with van der Waals surface area (Å²) >= 11 is 1.69. The Balaban J connectivity index is 1.79. The summed E-state index contributed by atoms with van der Waals surface area (Å²) in [5.74, 6) is 1.71. The first-order valence-electron chi connectivity index (χ1n) is 7.61. The Hall–Kier alpha value is -2.08. The van der Waals surface area contributed by atoms with Gasteiger partial charge in [-0.05, 0) is 31.0 Å². The number of benzene rings is 1. The van der Waals surface area contributed by atoms with E-state index in [4.69, 9.17) is 4.74 Å². The molecule has 0 aliphatic carbocycles. The molecule has 124 valence electrons. The molecule has 0 spiro atoms. The highest BCUT2D eigenvalue weighted by molar-refractivity contribution is 7.09. The Morgan fingerprint density at radius 2 is 2.13 bits per heavy atom. The second-order valence-corrected chi connectivity index (χ2v) is 6.33. The Morgan fingerprint density at radius 1 is 1.30 bits per heavy atom. The van der Waals surface area contributed by atoms with Crippen molar-refractivity contribution in [1.29, 1.82) is 0 Å². The summed E-state index contributed by atoms with van der Waals surface area (Å²) in [5.41, 5.74) is 3.45. The van der Waals surface area contributed by atoms with Crippen molar-refractivity contribution in [3.8, 4) is 5.75 Å². The molecule has 0 unspecified atom stereocenters. The van der Waals surface area contributed by atoms with Crippen LogP contribution in [-0.2, 0) is 13.0 Å². The van der Waals surface area contributed by atoms with Crippen LogP contribution in [0.4, 0.5) is 0 Å². The lowest BCUT2D eigenvalue weighted by Crippen LogP contribution is -2.37. The maximum atomic E-state index is 5.28. The second-order valence-electron chi connectivity index (χ2n) is 5.26. The lowest BCUT2D eigenvalue weighted by Gasteiger charge is -2.12. The Morgan fingerprint density at radius 3 is 2.74 bits per heavy atom. The predicted molar refractivity (Wildman–Crippen MR) is 96.5 cm³/mol. The van der Waals surface area contributed by atoms with E-state index in [2.05, 4.69) is 38.1 Å². The zero-order valence-corrected chi connectivity index (χ0v) is 15.0. The summed E-state index contributed by atoms with van der Waals surface area (Å²) in [4.78, 5) is 8.71. The van der Waals surface area contributed by atoms with E-state index in [-0.39, 0.29) is 0 Å². The number of nitrogens with zero attached hydrogens (tertiary/aromatic N) is 2. The topological polar surface area (TPSA) is 58.5 Å². The number of nitrogens with one attached hydrogen (secondary N) is 2. The Labute approximate surface area is 141 Å². The molecule has 2 rings (SSSR count). The highest BCUT2D eigenvalue weighted by Gasteiger charge is 2.03. The third-order valence-corrected chi connectivity index (χ3v) is 4.31. The lowest BCUT2D eigenvalue weighted by atomic mass is 10.1. The number of methoxy groups -OCH3 is 1. The largest absolute Gasteiger partial charge is 0.496 e. The van der Waals surface area contributed by atoms with Crippen molar-refractivity contribution in [2.45, 2.75) is 26.8 Å². The maximum absolute atomic E-state index is 5.28. The van der Waals surface area contributed by atoms with Crippen LogP contribution < -0.4 is 15.4 Å². The molecule has 0 amide bonds. The molecule has 2 N–H and O–H groups in total. The van der Waals surface area contributed by atoms with Gasteiger partial charge in [0.15, 0.2) is 5.96 Å². The number of guanidine groups is 1. The van der Waals surface area contributed by atoms with E-state index >= 15 is 0 Å². The van der Waals surface area contributed by atoms with Crippen LogP contribution in [0.2, 0.25) is 0 Å². The fraction of sp³-hybridized carbons (Fsp3) is 0.412. The highest BCUT2D eigenvalue weighted by Crippen LogP contribution is 2.18. The Kier molecular flexibility index (Phi) is 6.40. The van der Waals surface area contributed by atoms with E-state index in [1.807, 2.05) is 19.9 Å². The normalized spacial score (nSPS) is 11.4. The van der Waals surface area contributed by atoms with Crippen LogP contribution >= 0.6 is 11.3 Å². The smallest absolute Gasteiger partial charge is 0.191 e. The fourth-order valence-corrected chi connectivity index (χ4v) is 2.94. The molecule has 0 bridgehead atoms. The van der Waals surface area contributed by atoms with Crippen molar-refractivity contribution in [3.63, 3.8) is 0 Å². The summed E-state index contributed by atoms with van der Waals surface area (Å²) < 4.78 is 5.28. The third-order valence-electron chi connectivity index (χ3n) is 3.48. The fourth-order valence-electron chi connectivity index (χ4n) is 2.29. The van der Waals surface area contributed by atoms with Gasteiger partial charge in [0.05, 0.1) is 17.8 Å². The van der Waals surface area contributed by atoms with Gasteiger partial charge in [-0.2, -0.15) is 0 Å². The molecular formula is C17H24N4OS. The average Bonchev–Trinajstić information content (AvgIpc) is 2.96. The van der Waals surface area contributed by atoms with Crippen LogP contribution in [0, 0.1) is 13.8 Å². The van der Waals surface area contributed by atoms with Gasteiger partial charge >= 0.3 is 0 Å². The Bertz CT molecular complexity index is 666. The number of hydrogen-bond donors (Lipinski definition) is 2. The second kappa shape index (κ2) is 8.53. The zero-order chi connectivity index (χ0) is 16.7. The van der Waals surface area contributed by atoms with Gasteiger partial charge in [0.25, 0.3) is 0 Å². The van der Waals surface area contributed by atoms with E-state index in [0.29, 0.717) is 0 Å². The van der Waals surface area contributed by atoms with E-state index in [0.717, 1.165) is 47.5 Å². The molecular weight excluding hydrogens is 308 g/mol. The summed E-state index contributed by atoms with van der Waals surface area (Å²) in [6.45, 7) is 5.61. The van der Waals surface area contributed by atoms with Crippen LogP contribution in [0.5, 0.6) is 5.75 Å². The third kappa shape index (κ3) is 5.25. The number of aryl methyl sites for hydroxylation is 2. The van der Waals surface area contributed by atoms with E-state index in [9.17, 15) is 0 Å². The first-order chi connectivity index (χ1) is 11.1. The predicted octanol–water partition coefficient (Wildman–Crippen LogP) is 2.68. The van der Waals surface area contributed by atoms with E-state index in [1.165, 1.54) is 5.56 Å². The van der Waals surface area contributed by atoms with Gasteiger partial charge in [-0.25, -0.2) is 4.98 Å². The molecule has 0 radical (unpaired) electrons. The van der Waals surface area contributed by atoms with E-state index < -0.39 is 0 Å². The number of aromatic nitrogens is 1. The summed E-state index contributed by atoms with van der Waals surface area (Å²) in [5, 5.41) is 9.85. The lowest BCUT2D eigenvalue weighted by molar-refractivity contribution is 0.411.